The van der Waals surface area contributed by atoms with E-state index < -0.39 is 11.4 Å². The number of halogens is 3. The number of rotatable bonds is 3. The van der Waals surface area contributed by atoms with Crippen molar-refractivity contribution in [1.29, 1.82) is 0 Å². The first-order chi connectivity index (χ1) is 14.6. The van der Waals surface area contributed by atoms with Crippen molar-refractivity contribution in [1.82, 2.24) is 15.0 Å². The predicted octanol–water partition coefficient (Wildman–Crippen LogP) is 8.68. The Morgan fingerprint density at radius 2 is 0.645 bits per heavy atom. The summed E-state index contributed by atoms with van der Waals surface area (Å²) in [6.07, 6.45) is 11.0. The van der Waals surface area contributed by atoms with Gasteiger partial charge in [-0.15, -0.1) is 0 Å². The molecule has 0 aromatic carbocycles. The Bertz CT molecular complexity index is 666. The van der Waals surface area contributed by atoms with E-state index in [0.29, 0.717) is 17.8 Å². The van der Waals surface area contributed by atoms with Crippen LogP contribution in [0, 0.1) is 0 Å². The summed E-state index contributed by atoms with van der Waals surface area (Å²) in [5, 5.41) is 0. The first-order valence-corrected chi connectivity index (χ1v) is 15.3. The fraction of sp³-hybridized carbons (Fsp3) is 0.375. The second kappa shape index (κ2) is 18.4. The number of aromatic nitrogens is 3. The Kier molecular flexibility index (Phi) is 17.7. The van der Waals surface area contributed by atoms with E-state index in [9.17, 15) is 0 Å². The third-order valence-electron chi connectivity index (χ3n) is 4.12. The molecule has 0 aliphatic carbocycles. The standard InChI is InChI=1S/3C8H11N.3ClH.Cr/c3*1-7(2)8-3-5-9-6-4-8;;;;/h3*3-7H,1-2H3;3*1H;/q;;;;;;+3/p-3. The van der Waals surface area contributed by atoms with Gasteiger partial charge in [-0.2, -0.15) is 0 Å². The molecule has 31 heavy (non-hydrogen) atoms. The zero-order chi connectivity index (χ0) is 23.6. The number of pyridine rings is 3. The third-order valence-corrected chi connectivity index (χ3v) is 4.12. The summed E-state index contributed by atoms with van der Waals surface area (Å²) in [7, 11) is 14.8. The molecule has 3 aromatic heterocycles. The summed E-state index contributed by atoms with van der Waals surface area (Å²) in [4.78, 5) is 11.8. The molecule has 0 fully saturated rings. The maximum atomic E-state index is 4.93. The van der Waals surface area contributed by atoms with Crippen molar-refractivity contribution in [3.05, 3.63) is 90.3 Å². The molecule has 0 aliphatic heterocycles. The molecule has 3 rings (SSSR count). The van der Waals surface area contributed by atoms with Gasteiger partial charge < -0.3 is 0 Å². The van der Waals surface area contributed by atoms with Gasteiger partial charge in [-0.3, -0.25) is 15.0 Å². The van der Waals surface area contributed by atoms with Crippen molar-refractivity contribution in [2.24, 2.45) is 0 Å². The van der Waals surface area contributed by atoms with Crippen LogP contribution in [0.25, 0.3) is 0 Å². The van der Waals surface area contributed by atoms with Gasteiger partial charge in [-0.1, -0.05) is 41.5 Å². The molecular weight excluding hydrogens is 489 g/mol. The van der Waals surface area contributed by atoms with Crippen molar-refractivity contribution >= 4 is 30.1 Å². The molecule has 0 spiro atoms. The van der Waals surface area contributed by atoms with Crippen LogP contribution in [-0.2, 0) is 11.4 Å². The topological polar surface area (TPSA) is 38.7 Å². The molecule has 0 atom stereocenters. The average Bonchev–Trinajstić information content (AvgIpc) is 2.76. The Labute approximate surface area is 205 Å². The van der Waals surface area contributed by atoms with E-state index in [2.05, 4.69) is 56.5 Å². The van der Waals surface area contributed by atoms with Crippen molar-refractivity contribution in [3.63, 3.8) is 0 Å². The van der Waals surface area contributed by atoms with Crippen LogP contribution >= 0.6 is 30.1 Å². The van der Waals surface area contributed by atoms with Crippen LogP contribution in [0.15, 0.2) is 73.6 Å². The zero-order valence-corrected chi connectivity index (χ0v) is 22.6. The molecule has 0 saturated carbocycles. The molecule has 0 aliphatic rings. The quantitative estimate of drug-likeness (QED) is 0.346. The summed E-state index contributed by atoms with van der Waals surface area (Å²) in [6, 6.07) is 12.3. The van der Waals surface area contributed by atoms with Crippen LogP contribution < -0.4 is 0 Å². The second-order valence-corrected chi connectivity index (χ2v) is 13.8. The molecule has 0 bridgehead atoms. The SMILES string of the molecule is CC(C)c1ccncc1.CC(C)c1ccncc1.CC(C)c1ccncc1.[Cl][Cr]([Cl])[Cl]. The van der Waals surface area contributed by atoms with Gasteiger partial charge in [0.15, 0.2) is 0 Å². The van der Waals surface area contributed by atoms with Crippen LogP contribution in [0.2, 0.25) is 0 Å². The third kappa shape index (κ3) is 17.1. The van der Waals surface area contributed by atoms with Gasteiger partial charge in [-0.25, -0.2) is 0 Å². The van der Waals surface area contributed by atoms with Crippen molar-refractivity contribution < 1.29 is 11.4 Å². The maximum absolute atomic E-state index is 4.93. The first kappa shape index (κ1) is 29.9. The van der Waals surface area contributed by atoms with Crippen LogP contribution in [-0.4, -0.2) is 15.0 Å². The van der Waals surface area contributed by atoms with Gasteiger partial charge in [0.05, 0.1) is 0 Å². The number of hydrogen-bond donors (Lipinski definition) is 0. The molecule has 0 radical (unpaired) electrons. The van der Waals surface area contributed by atoms with E-state index in [1.54, 1.807) is 0 Å². The minimum absolute atomic E-state index is 0.619. The molecule has 0 N–H and O–H groups in total. The molecule has 171 valence electrons. The predicted molar refractivity (Wildman–Crippen MR) is 133 cm³/mol. The summed E-state index contributed by atoms with van der Waals surface area (Å²) in [5.74, 6) is 1.86. The Morgan fingerprint density at radius 3 is 0.742 bits per heavy atom. The van der Waals surface area contributed by atoms with Crippen molar-refractivity contribution in [3.8, 4) is 0 Å². The van der Waals surface area contributed by atoms with Gasteiger partial charge in [0.2, 0.25) is 0 Å². The van der Waals surface area contributed by atoms with Crippen LogP contribution in [0.3, 0.4) is 0 Å². The van der Waals surface area contributed by atoms with Crippen LogP contribution in [0.5, 0.6) is 0 Å². The molecule has 7 heteroatoms. The summed E-state index contributed by atoms with van der Waals surface area (Å²) < 4.78 is 0. The summed E-state index contributed by atoms with van der Waals surface area (Å²) in [5.41, 5.74) is 4.06. The molecule has 0 amide bonds. The molecule has 3 nitrogen and oxygen atoms in total. The fourth-order valence-corrected chi connectivity index (χ4v) is 2.25. The molecule has 3 heterocycles. The number of nitrogens with zero attached hydrogens (tertiary/aromatic N) is 3. The monoisotopic (exact) mass is 520 g/mol. The van der Waals surface area contributed by atoms with Crippen LogP contribution in [0.1, 0.15) is 76.0 Å². The van der Waals surface area contributed by atoms with E-state index in [1.165, 1.54) is 16.7 Å². The van der Waals surface area contributed by atoms with Gasteiger partial charge in [0.1, 0.15) is 0 Å². The summed E-state index contributed by atoms with van der Waals surface area (Å²) in [6.45, 7) is 13.1. The fourth-order valence-electron chi connectivity index (χ4n) is 2.25. The molecule has 0 unspecified atom stereocenters. The van der Waals surface area contributed by atoms with Gasteiger partial charge in [0.25, 0.3) is 0 Å². The van der Waals surface area contributed by atoms with E-state index in [0.717, 1.165) is 0 Å². The molecule has 3 aromatic rings. The van der Waals surface area contributed by atoms with Gasteiger partial charge in [0, 0.05) is 37.2 Å². The van der Waals surface area contributed by atoms with Gasteiger partial charge in [-0.05, 0) is 70.8 Å². The number of hydrogen-bond acceptors (Lipinski definition) is 3. The van der Waals surface area contributed by atoms with Crippen molar-refractivity contribution in [2.75, 3.05) is 0 Å². The van der Waals surface area contributed by atoms with Gasteiger partial charge >= 0.3 is 41.5 Å². The van der Waals surface area contributed by atoms with Crippen molar-refractivity contribution in [2.45, 2.75) is 59.3 Å². The molecule has 0 saturated heterocycles. The normalized spacial score (nSPS) is 9.97. The Balaban J connectivity index is 0.000000402. The van der Waals surface area contributed by atoms with E-state index in [4.69, 9.17) is 30.1 Å². The second-order valence-electron chi connectivity index (χ2n) is 7.48. The van der Waals surface area contributed by atoms with E-state index >= 15 is 0 Å². The van der Waals surface area contributed by atoms with E-state index in [-0.39, 0.29) is 0 Å². The van der Waals surface area contributed by atoms with Crippen LogP contribution in [0.4, 0.5) is 0 Å². The minimum atomic E-state index is -1.62. The first-order valence-electron chi connectivity index (χ1n) is 10.1. The van der Waals surface area contributed by atoms with E-state index in [1.807, 2.05) is 73.6 Å². The zero-order valence-electron chi connectivity index (χ0n) is 19.0. The molecular formula is C24H33Cl3CrN3. The Morgan fingerprint density at radius 1 is 0.484 bits per heavy atom. The Hall–Kier alpha value is -1.15. The summed E-state index contributed by atoms with van der Waals surface area (Å²) >= 11 is -1.62. The average molecular weight is 522 g/mol.